The van der Waals surface area contributed by atoms with E-state index in [-0.39, 0.29) is 0 Å². The Morgan fingerprint density at radius 3 is 2.38 bits per heavy atom. The van der Waals surface area contributed by atoms with E-state index in [0.717, 1.165) is 6.42 Å². The van der Waals surface area contributed by atoms with Crippen LogP contribution >= 0.6 is 0 Å². The van der Waals surface area contributed by atoms with Gasteiger partial charge in [0.1, 0.15) is 0 Å². The quantitative estimate of drug-likeness (QED) is 0.706. The van der Waals surface area contributed by atoms with E-state index in [9.17, 15) is 0 Å². The van der Waals surface area contributed by atoms with E-state index in [1.54, 1.807) is 0 Å². The van der Waals surface area contributed by atoms with Crippen molar-refractivity contribution in [2.45, 2.75) is 19.8 Å². The van der Waals surface area contributed by atoms with E-state index in [2.05, 4.69) is 61.9 Å². The largest absolute Gasteiger partial charge is 0.0651 e. The van der Waals surface area contributed by atoms with Crippen LogP contribution in [0.25, 0.3) is 0 Å². The highest BCUT2D eigenvalue weighted by molar-refractivity contribution is 5.38. The Balaban J connectivity index is 2.12. The monoisotopic (exact) mass is 209 g/mol. The summed E-state index contributed by atoms with van der Waals surface area (Å²) >= 11 is 0. The van der Waals surface area contributed by atoms with Crippen LogP contribution in [-0.4, -0.2) is 0 Å². The van der Waals surface area contributed by atoms with Crippen molar-refractivity contribution in [3.05, 3.63) is 77.7 Å². The highest BCUT2D eigenvalue weighted by Gasteiger charge is 1.97. The fourth-order valence-electron chi connectivity index (χ4n) is 1.87. The van der Waals surface area contributed by atoms with Gasteiger partial charge in [0.25, 0.3) is 0 Å². The van der Waals surface area contributed by atoms with Crippen LogP contribution in [0, 0.1) is 6.42 Å². The molecule has 0 aromatic heterocycles. The predicted octanol–water partition coefficient (Wildman–Crippen LogP) is 4.24. The van der Waals surface area contributed by atoms with Crippen LogP contribution in [0.1, 0.15) is 30.0 Å². The van der Waals surface area contributed by atoms with Gasteiger partial charge in [-0.05, 0) is 23.1 Å². The second-order valence-electron chi connectivity index (χ2n) is 4.05. The van der Waals surface area contributed by atoms with Crippen molar-refractivity contribution in [1.82, 2.24) is 0 Å². The highest BCUT2D eigenvalue weighted by atomic mass is 14.0. The molecule has 0 bridgehead atoms. The summed E-state index contributed by atoms with van der Waals surface area (Å²) in [6.45, 7) is 2.22. The second-order valence-corrected chi connectivity index (χ2v) is 4.05. The summed E-state index contributed by atoms with van der Waals surface area (Å²) in [5.74, 6) is 0. The Morgan fingerprint density at radius 1 is 0.875 bits per heavy atom. The van der Waals surface area contributed by atoms with Gasteiger partial charge >= 0.3 is 0 Å². The molecule has 0 aliphatic heterocycles. The van der Waals surface area contributed by atoms with Crippen molar-refractivity contribution in [3.8, 4) is 0 Å². The van der Waals surface area contributed by atoms with Gasteiger partial charge in [-0.15, -0.1) is 0 Å². The molecule has 0 heteroatoms. The van der Waals surface area contributed by atoms with Gasteiger partial charge in [0.15, 0.2) is 0 Å². The Kier molecular flexibility index (Phi) is 3.76. The van der Waals surface area contributed by atoms with Crippen LogP contribution < -0.4 is 0 Å². The van der Waals surface area contributed by atoms with Gasteiger partial charge < -0.3 is 0 Å². The minimum atomic E-state index is 1.16. The van der Waals surface area contributed by atoms with Gasteiger partial charge in [0, 0.05) is 6.42 Å². The summed E-state index contributed by atoms with van der Waals surface area (Å²) < 4.78 is 0. The zero-order valence-electron chi connectivity index (χ0n) is 9.69. The Hall–Kier alpha value is -1.56. The maximum Gasteiger partial charge on any atom is 0.0199 e. The fourth-order valence-corrected chi connectivity index (χ4v) is 1.87. The molecule has 16 heavy (non-hydrogen) atoms. The molecule has 0 saturated heterocycles. The number of benzene rings is 2. The lowest BCUT2D eigenvalue weighted by Crippen LogP contribution is -1.88. The number of rotatable bonds is 4. The standard InChI is InChI=1S/C16H17/c1-2-7-14-10-6-11-16(12-14)13-15-8-4-3-5-9-15/h3-6,8-13H,2,7H2,1H3. The second kappa shape index (κ2) is 5.50. The van der Waals surface area contributed by atoms with Gasteiger partial charge in [0.2, 0.25) is 0 Å². The molecule has 0 aliphatic carbocycles. The molecular weight excluding hydrogens is 192 g/mol. The summed E-state index contributed by atoms with van der Waals surface area (Å²) in [4.78, 5) is 0. The van der Waals surface area contributed by atoms with E-state index in [1.807, 2.05) is 6.07 Å². The molecule has 2 aromatic carbocycles. The van der Waals surface area contributed by atoms with Gasteiger partial charge in [-0.1, -0.05) is 67.9 Å². The van der Waals surface area contributed by atoms with Crippen LogP contribution in [-0.2, 0) is 6.42 Å². The van der Waals surface area contributed by atoms with Crippen molar-refractivity contribution in [2.24, 2.45) is 0 Å². The third-order valence-electron chi connectivity index (χ3n) is 2.62. The third kappa shape index (κ3) is 2.96. The average molecular weight is 209 g/mol. The Labute approximate surface area is 97.9 Å². The molecule has 0 N–H and O–H groups in total. The Bertz CT molecular complexity index is 429. The molecule has 0 spiro atoms. The number of hydrogen-bond donors (Lipinski definition) is 0. The average Bonchev–Trinajstić information content (AvgIpc) is 2.31. The van der Waals surface area contributed by atoms with E-state index >= 15 is 0 Å². The molecule has 1 radical (unpaired) electrons. The molecule has 0 nitrogen and oxygen atoms in total. The third-order valence-corrected chi connectivity index (χ3v) is 2.62. The summed E-state index contributed by atoms with van der Waals surface area (Å²) in [5, 5.41) is 0. The lowest BCUT2D eigenvalue weighted by atomic mass is 10.0. The SMILES string of the molecule is CCCc1cccc([CH]c2ccccc2)c1. The molecule has 0 heterocycles. The van der Waals surface area contributed by atoms with Crippen molar-refractivity contribution >= 4 is 0 Å². The molecule has 0 aliphatic rings. The maximum atomic E-state index is 2.27. The highest BCUT2D eigenvalue weighted by Crippen LogP contribution is 2.14. The summed E-state index contributed by atoms with van der Waals surface area (Å²) in [6.07, 6.45) is 4.59. The van der Waals surface area contributed by atoms with Crippen LogP contribution in [0.3, 0.4) is 0 Å². The smallest absolute Gasteiger partial charge is 0.0199 e. The van der Waals surface area contributed by atoms with E-state index in [0.29, 0.717) is 0 Å². The van der Waals surface area contributed by atoms with Crippen molar-refractivity contribution in [3.63, 3.8) is 0 Å². The molecule has 2 rings (SSSR count). The molecule has 0 fully saturated rings. The Morgan fingerprint density at radius 2 is 1.62 bits per heavy atom. The summed E-state index contributed by atoms with van der Waals surface area (Å²) in [6, 6.07) is 19.2. The molecule has 0 amide bonds. The lowest BCUT2D eigenvalue weighted by Gasteiger charge is -2.04. The van der Waals surface area contributed by atoms with Crippen molar-refractivity contribution < 1.29 is 0 Å². The molecule has 0 saturated carbocycles. The number of aryl methyl sites for hydroxylation is 1. The van der Waals surface area contributed by atoms with Crippen LogP contribution in [0.5, 0.6) is 0 Å². The van der Waals surface area contributed by atoms with Gasteiger partial charge in [0.05, 0.1) is 0 Å². The first-order chi connectivity index (χ1) is 7.88. The first-order valence-electron chi connectivity index (χ1n) is 5.87. The number of hydrogen-bond acceptors (Lipinski definition) is 0. The van der Waals surface area contributed by atoms with Gasteiger partial charge in [-0.3, -0.25) is 0 Å². The molecule has 81 valence electrons. The van der Waals surface area contributed by atoms with E-state index in [4.69, 9.17) is 0 Å². The van der Waals surface area contributed by atoms with Crippen LogP contribution in [0.15, 0.2) is 54.6 Å². The lowest BCUT2D eigenvalue weighted by molar-refractivity contribution is 0.921. The van der Waals surface area contributed by atoms with Crippen LogP contribution in [0.2, 0.25) is 0 Å². The first kappa shape index (κ1) is 10.9. The minimum Gasteiger partial charge on any atom is -0.0651 e. The van der Waals surface area contributed by atoms with E-state index in [1.165, 1.54) is 23.1 Å². The first-order valence-corrected chi connectivity index (χ1v) is 5.87. The normalized spacial score (nSPS) is 10.3. The van der Waals surface area contributed by atoms with E-state index < -0.39 is 0 Å². The topological polar surface area (TPSA) is 0 Å². The van der Waals surface area contributed by atoms with Gasteiger partial charge in [-0.2, -0.15) is 0 Å². The maximum absolute atomic E-state index is 2.27. The fraction of sp³-hybridized carbons (Fsp3) is 0.188. The van der Waals surface area contributed by atoms with Crippen molar-refractivity contribution in [2.75, 3.05) is 0 Å². The summed E-state index contributed by atoms with van der Waals surface area (Å²) in [5.41, 5.74) is 3.97. The predicted molar refractivity (Wildman–Crippen MR) is 69.4 cm³/mol. The molecular formula is C16H17. The molecule has 0 atom stereocenters. The van der Waals surface area contributed by atoms with Crippen LogP contribution in [0.4, 0.5) is 0 Å². The van der Waals surface area contributed by atoms with Crippen molar-refractivity contribution in [1.29, 1.82) is 0 Å². The minimum absolute atomic E-state index is 1.16. The zero-order chi connectivity index (χ0) is 11.2. The molecule has 0 unspecified atom stereocenters. The summed E-state index contributed by atoms with van der Waals surface area (Å²) in [7, 11) is 0. The zero-order valence-corrected chi connectivity index (χ0v) is 9.69. The van der Waals surface area contributed by atoms with Gasteiger partial charge in [-0.25, -0.2) is 0 Å². The molecule has 2 aromatic rings.